The maximum atomic E-state index is 11.2. The Balaban J connectivity index is 2.11. The van der Waals surface area contributed by atoms with E-state index in [1.165, 1.54) is 17.4 Å². The second kappa shape index (κ2) is 5.38. The minimum Gasteiger partial charge on any atom is -0.395 e. The van der Waals surface area contributed by atoms with Crippen molar-refractivity contribution in [2.24, 2.45) is 0 Å². The molecule has 0 radical (unpaired) electrons. The zero-order valence-electron chi connectivity index (χ0n) is 10.5. The van der Waals surface area contributed by atoms with Crippen molar-refractivity contribution in [2.45, 2.75) is 19.0 Å². The molecule has 1 aliphatic rings. The first-order valence-electron chi connectivity index (χ1n) is 6.09. The zero-order chi connectivity index (χ0) is 13.2. The number of rotatable bonds is 4. The van der Waals surface area contributed by atoms with Gasteiger partial charge in [0, 0.05) is 25.4 Å². The molecule has 1 aromatic rings. The number of sulfone groups is 1. The van der Waals surface area contributed by atoms with Crippen LogP contribution in [0.1, 0.15) is 11.1 Å². The number of nitrogens with zero attached hydrogens (tertiary/aromatic N) is 1. The summed E-state index contributed by atoms with van der Waals surface area (Å²) in [5, 5.41) is 9.43. The van der Waals surface area contributed by atoms with Gasteiger partial charge in [0.1, 0.15) is 9.84 Å². The van der Waals surface area contributed by atoms with Gasteiger partial charge in [-0.25, -0.2) is 8.42 Å². The van der Waals surface area contributed by atoms with Crippen LogP contribution in [0, 0.1) is 0 Å². The molecule has 0 saturated heterocycles. The topological polar surface area (TPSA) is 57.6 Å². The van der Waals surface area contributed by atoms with Crippen molar-refractivity contribution >= 4 is 9.84 Å². The first-order chi connectivity index (χ1) is 8.49. The third-order valence-electron chi connectivity index (χ3n) is 3.42. The molecule has 0 spiro atoms. The Morgan fingerprint density at radius 1 is 1.33 bits per heavy atom. The summed E-state index contributed by atoms with van der Waals surface area (Å²) in [6.45, 7) is 1.27. The molecule has 100 valence electrons. The van der Waals surface area contributed by atoms with Crippen LogP contribution in [-0.2, 0) is 22.8 Å². The first kappa shape index (κ1) is 13.5. The zero-order valence-corrected chi connectivity index (χ0v) is 11.4. The molecule has 0 aromatic heterocycles. The van der Waals surface area contributed by atoms with E-state index in [1.807, 2.05) is 12.1 Å². The molecule has 1 aromatic carbocycles. The summed E-state index contributed by atoms with van der Waals surface area (Å²) >= 11 is 0. The van der Waals surface area contributed by atoms with E-state index in [2.05, 4.69) is 17.0 Å². The van der Waals surface area contributed by atoms with E-state index in [9.17, 15) is 13.5 Å². The fraction of sp³-hybridized carbons (Fsp3) is 0.538. The molecule has 0 bridgehead atoms. The van der Waals surface area contributed by atoms with Crippen molar-refractivity contribution in [1.82, 2.24) is 4.90 Å². The fourth-order valence-electron chi connectivity index (χ4n) is 2.37. The molecule has 0 amide bonds. The van der Waals surface area contributed by atoms with Crippen LogP contribution in [0.3, 0.4) is 0 Å². The second-order valence-corrected chi connectivity index (χ2v) is 7.17. The van der Waals surface area contributed by atoms with Crippen LogP contribution in [-0.4, -0.2) is 49.6 Å². The van der Waals surface area contributed by atoms with Crippen molar-refractivity contribution in [3.8, 4) is 0 Å². The van der Waals surface area contributed by atoms with Crippen LogP contribution in [0.25, 0.3) is 0 Å². The Hall–Kier alpha value is -0.910. The van der Waals surface area contributed by atoms with Crippen molar-refractivity contribution in [3.05, 3.63) is 35.4 Å². The van der Waals surface area contributed by atoms with Crippen LogP contribution in [0.2, 0.25) is 0 Å². The number of aliphatic hydroxyl groups is 1. The van der Waals surface area contributed by atoms with E-state index in [-0.39, 0.29) is 18.4 Å². The number of fused-ring (bicyclic) bond motifs is 1. The number of aliphatic hydroxyl groups excluding tert-OH is 1. The SMILES string of the molecule is CS(=O)(=O)CCN1Cc2ccccc2C[C@H]1CO. The van der Waals surface area contributed by atoms with Crippen LogP contribution in [0.4, 0.5) is 0 Å². The van der Waals surface area contributed by atoms with Gasteiger partial charge in [-0.15, -0.1) is 0 Å². The maximum absolute atomic E-state index is 11.2. The van der Waals surface area contributed by atoms with Gasteiger partial charge in [0.25, 0.3) is 0 Å². The molecular formula is C13H19NO3S. The third-order valence-corrected chi connectivity index (χ3v) is 4.35. The van der Waals surface area contributed by atoms with E-state index in [0.29, 0.717) is 6.54 Å². The van der Waals surface area contributed by atoms with Gasteiger partial charge in [0.15, 0.2) is 0 Å². The second-order valence-electron chi connectivity index (χ2n) is 4.91. The molecule has 5 heteroatoms. The Morgan fingerprint density at radius 2 is 2.00 bits per heavy atom. The minimum atomic E-state index is -2.96. The summed E-state index contributed by atoms with van der Waals surface area (Å²) in [5.74, 6) is 0.145. The molecule has 4 nitrogen and oxygen atoms in total. The maximum Gasteiger partial charge on any atom is 0.148 e. The Morgan fingerprint density at radius 3 is 2.61 bits per heavy atom. The van der Waals surface area contributed by atoms with E-state index < -0.39 is 9.84 Å². The van der Waals surface area contributed by atoms with Crippen LogP contribution < -0.4 is 0 Å². The van der Waals surface area contributed by atoms with Gasteiger partial charge in [0.05, 0.1) is 12.4 Å². The molecular weight excluding hydrogens is 250 g/mol. The lowest BCUT2D eigenvalue weighted by Gasteiger charge is -2.35. The fourth-order valence-corrected chi connectivity index (χ4v) is 2.93. The van der Waals surface area contributed by atoms with Crippen LogP contribution in [0.5, 0.6) is 0 Å². The average molecular weight is 269 g/mol. The number of benzene rings is 1. The Bertz CT molecular complexity index is 513. The molecule has 2 rings (SSSR count). The van der Waals surface area contributed by atoms with Crippen molar-refractivity contribution < 1.29 is 13.5 Å². The molecule has 1 heterocycles. The van der Waals surface area contributed by atoms with Crippen molar-refractivity contribution in [3.63, 3.8) is 0 Å². The summed E-state index contributed by atoms with van der Waals surface area (Å²) in [7, 11) is -2.96. The highest BCUT2D eigenvalue weighted by atomic mass is 32.2. The summed E-state index contributed by atoms with van der Waals surface area (Å²) in [6.07, 6.45) is 2.04. The van der Waals surface area contributed by atoms with E-state index in [1.54, 1.807) is 0 Å². The molecule has 0 unspecified atom stereocenters. The lowest BCUT2D eigenvalue weighted by molar-refractivity contribution is 0.112. The molecule has 0 aliphatic carbocycles. The standard InChI is InChI=1S/C13H19NO3S/c1-18(16,17)7-6-14-9-12-5-3-2-4-11(12)8-13(14)10-15/h2-5,13,15H,6-10H2,1H3/t13-/m0/s1. The number of hydrogen-bond acceptors (Lipinski definition) is 4. The van der Waals surface area contributed by atoms with Crippen molar-refractivity contribution in [1.29, 1.82) is 0 Å². The summed E-state index contributed by atoms with van der Waals surface area (Å²) in [6, 6.07) is 8.16. The minimum absolute atomic E-state index is 0.0293. The average Bonchev–Trinajstić information content (AvgIpc) is 2.34. The van der Waals surface area contributed by atoms with Gasteiger partial charge < -0.3 is 5.11 Å². The molecule has 0 fully saturated rings. The quantitative estimate of drug-likeness (QED) is 0.862. The van der Waals surface area contributed by atoms with Gasteiger partial charge in [-0.05, 0) is 17.5 Å². The van der Waals surface area contributed by atoms with Crippen molar-refractivity contribution in [2.75, 3.05) is 25.2 Å². The summed E-state index contributed by atoms with van der Waals surface area (Å²) in [4.78, 5) is 2.06. The highest BCUT2D eigenvalue weighted by molar-refractivity contribution is 7.90. The van der Waals surface area contributed by atoms with Crippen LogP contribution >= 0.6 is 0 Å². The van der Waals surface area contributed by atoms with E-state index >= 15 is 0 Å². The van der Waals surface area contributed by atoms with Gasteiger partial charge in [0.2, 0.25) is 0 Å². The smallest absolute Gasteiger partial charge is 0.148 e. The van der Waals surface area contributed by atoms with Gasteiger partial charge in [-0.2, -0.15) is 0 Å². The van der Waals surface area contributed by atoms with Gasteiger partial charge >= 0.3 is 0 Å². The van der Waals surface area contributed by atoms with E-state index in [4.69, 9.17) is 0 Å². The molecule has 1 N–H and O–H groups in total. The van der Waals surface area contributed by atoms with Gasteiger partial charge in [-0.3, -0.25) is 4.90 Å². The lowest BCUT2D eigenvalue weighted by atomic mass is 9.94. The molecule has 1 atom stereocenters. The lowest BCUT2D eigenvalue weighted by Crippen LogP contribution is -2.44. The first-order valence-corrected chi connectivity index (χ1v) is 8.15. The molecule has 1 aliphatic heterocycles. The monoisotopic (exact) mass is 269 g/mol. The highest BCUT2D eigenvalue weighted by Crippen LogP contribution is 2.22. The Labute approximate surface area is 108 Å². The Kier molecular flexibility index (Phi) is 4.04. The number of hydrogen-bond donors (Lipinski definition) is 1. The summed E-state index contributed by atoms with van der Waals surface area (Å²) < 4.78 is 22.5. The normalized spacial score (nSPS) is 20.7. The third kappa shape index (κ3) is 3.31. The predicted octanol–water partition coefficient (Wildman–Crippen LogP) is 0.450. The van der Waals surface area contributed by atoms with E-state index in [0.717, 1.165) is 13.0 Å². The van der Waals surface area contributed by atoms with Crippen LogP contribution in [0.15, 0.2) is 24.3 Å². The molecule has 18 heavy (non-hydrogen) atoms. The molecule has 0 saturated carbocycles. The van der Waals surface area contributed by atoms with Gasteiger partial charge in [-0.1, -0.05) is 24.3 Å². The predicted molar refractivity (Wildman–Crippen MR) is 71.1 cm³/mol. The summed E-state index contributed by atoms with van der Waals surface area (Å²) in [5.41, 5.74) is 2.49. The highest BCUT2D eigenvalue weighted by Gasteiger charge is 2.25. The largest absolute Gasteiger partial charge is 0.395 e.